The molecular formula is C12H12N4O2. The van der Waals surface area contributed by atoms with Crippen molar-refractivity contribution in [1.82, 2.24) is 9.88 Å². The predicted molar refractivity (Wildman–Crippen MR) is 63.4 cm³/mol. The number of rotatable bonds is 5. The van der Waals surface area contributed by atoms with Crippen molar-refractivity contribution in [2.24, 2.45) is 0 Å². The van der Waals surface area contributed by atoms with Gasteiger partial charge in [-0.05, 0) is 6.07 Å². The average Bonchev–Trinajstić information content (AvgIpc) is 2.39. The monoisotopic (exact) mass is 244 g/mol. The molecule has 0 fully saturated rings. The number of carbonyl (C=O) groups excluding carboxylic acids is 1. The Morgan fingerprint density at radius 2 is 1.83 bits per heavy atom. The van der Waals surface area contributed by atoms with Crippen LogP contribution >= 0.6 is 0 Å². The molecule has 1 rings (SSSR count). The first-order valence-corrected chi connectivity index (χ1v) is 5.41. The topological polar surface area (TPSA) is 101 Å². The van der Waals surface area contributed by atoms with Crippen LogP contribution < -0.4 is 5.56 Å². The van der Waals surface area contributed by atoms with Gasteiger partial charge in [0.15, 0.2) is 0 Å². The van der Waals surface area contributed by atoms with E-state index in [4.69, 9.17) is 10.5 Å². The molecule has 1 N–H and O–H groups in total. The summed E-state index contributed by atoms with van der Waals surface area (Å²) in [5.41, 5.74) is 0.0534. The lowest BCUT2D eigenvalue weighted by molar-refractivity contribution is 0.0762. The number of nitrogens with zero attached hydrogens (tertiary/aromatic N) is 3. The molecule has 6 heteroatoms. The molecular weight excluding hydrogens is 232 g/mol. The average molecular weight is 244 g/mol. The van der Waals surface area contributed by atoms with Gasteiger partial charge in [-0.3, -0.25) is 9.59 Å². The third-order valence-electron chi connectivity index (χ3n) is 2.31. The van der Waals surface area contributed by atoms with Crippen LogP contribution in [0.5, 0.6) is 0 Å². The Morgan fingerprint density at radius 1 is 1.22 bits per heavy atom. The standard InChI is InChI=1S/C12H12N4O2/c13-5-1-7-16(8-2-6-14)12(18)10-3-4-11(17)15-9-10/h3-4,9H,1-2,7-8H2,(H,15,17). The van der Waals surface area contributed by atoms with Gasteiger partial charge in [-0.2, -0.15) is 10.5 Å². The van der Waals surface area contributed by atoms with Gasteiger partial charge in [0.2, 0.25) is 5.56 Å². The molecule has 0 spiro atoms. The third-order valence-corrected chi connectivity index (χ3v) is 2.31. The van der Waals surface area contributed by atoms with E-state index in [1.54, 1.807) is 0 Å². The first kappa shape index (κ1) is 13.5. The van der Waals surface area contributed by atoms with Crippen LogP contribution in [0.4, 0.5) is 0 Å². The van der Waals surface area contributed by atoms with E-state index in [1.165, 1.54) is 23.2 Å². The lowest BCUT2D eigenvalue weighted by Gasteiger charge is -2.20. The van der Waals surface area contributed by atoms with Gasteiger partial charge in [0, 0.05) is 25.4 Å². The second kappa shape index (κ2) is 6.87. The molecule has 1 amide bonds. The lowest BCUT2D eigenvalue weighted by atomic mass is 10.2. The van der Waals surface area contributed by atoms with Gasteiger partial charge in [0.1, 0.15) is 0 Å². The van der Waals surface area contributed by atoms with Gasteiger partial charge in [-0.15, -0.1) is 0 Å². The molecule has 92 valence electrons. The van der Waals surface area contributed by atoms with Crippen LogP contribution in [0.15, 0.2) is 23.1 Å². The summed E-state index contributed by atoms with van der Waals surface area (Å²) in [7, 11) is 0. The molecule has 0 aliphatic heterocycles. The fraction of sp³-hybridized carbons (Fsp3) is 0.333. The number of hydrogen-bond donors (Lipinski definition) is 1. The van der Waals surface area contributed by atoms with E-state index in [9.17, 15) is 9.59 Å². The van der Waals surface area contributed by atoms with Crippen molar-refractivity contribution in [3.8, 4) is 12.1 Å². The van der Waals surface area contributed by atoms with Gasteiger partial charge in [-0.25, -0.2) is 0 Å². The number of H-pyrrole nitrogens is 1. The minimum atomic E-state index is -0.295. The summed E-state index contributed by atoms with van der Waals surface area (Å²) in [5, 5.41) is 17.1. The Kier molecular flexibility index (Phi) is 5.14. The highest BCUT2D eigenvalue weighted by atomic mass is 16.2. The number of pyridine rings is 1. The fourth-order valence-electron chi connectivity index (χ4n) is 1.41. The Bertz CT molecular complexity index is 512. The van der Waals surface area contributed by atoms with Crippen LogP contribution in [-0.2, 0) is 0 Å². The molecule has 0 aromatic carbocycles. The molecule has 1 heterocycles. The van der Waals surface area contributed by atoms with Crippen molar-refractivity contribution >= 4 is 5.91 Å². The molecule has 1 aromatic heterocycles. The Hall–Kier alpha value is -2.60. The highest BCUT2D eigenvalue weighted by molar-refractivity contribution is 5.93. The smallest absolute Gasteiger partial charge is 0.255 e. The molecule has 6 nitrogen and oxygen atoms in total. The molecule has 0 unspecified atom stereocenters. The van der Waals surface area contributed by atoms with Gasteiger partial charge in [0.25, 0.3) is 5.91 Å². The third kappa shape index (κ3) is 3.76. The molecule has 0 aliphatic rings. The van der Waals surface area contributed by atoms with Crippen molar-refractivity contribution in [2.75, 3.05) is 13.1 Å². The predicted octanol–water partition coefficient (Wildman–Crippen LogP) is 0.644. The van der Waals surface area contributed by atoms with Crippen molar-refractivity contribution in [2.45, 2.75) is 12.8 Å². The normalized spacial score (nSPS) is 9.22. The Morgan fingerprint density at radius 3 is 2.28 bits per heavy atom. The fourth-order valence-corrected chi connectivity index (χ4v) is 1.41. The van der Waals surface area contributed by atoms with Crippen LogP contribution in [-0.4, -0.2) is 28.9 Å². The van der Waals surface area contributed by atoms with E-state index < -0.39 is 0 Å². The number of carbonyl (C=O) groups is 1. The van der Waals surface area contributed by atoms with Crippen molar-refractivity contribution in [3.05, 3.63) is 34.2 Å². The first-order valence-electron chi connectivity index (χ1n) is 5.41. The minimum Gasteiger partial charge on any atom is -0.337 e. The molecule has 0 radical (unpaired) electrons. The van der Waals surface area contributed by atoms with Crippen LogP contribution in [0, 0.1) is 22.7 Å². The van der Waals surface area contributed by atoms with Gasteiger partial charge >= 0.3 is 0 Å². The van der Waals surface area contributed by atoms with E-state index in [0.717, 1.165) is 0 Å². The highest BCUT2D eigenvalue weighted by Gasteiger charge is 2.15. The largest absolute Gasteiger partial charge is 0.337 e. The Labute approximate surface area is 104 Å². The maximum atomic E-state index is 12.1. The van der Waals surface area contributed by atoms with Crippen molar-refractivity contribution < 1.29 is 4.79 Å². The van der Waals surface area contributed by atoms with E-state index in [2.05, 4.69) is 4.98 Å². The number of amides is 1. The van der Waals surface area contributed by atoms with E-state index in [1.807, 2.05) is 12.1 Å². The number of aromatic amines is 1. The van der Waals surface area contributed by atoms with Gasteiger partial charge in [0.05, 0.1) is 30.5 Å². The summed E-state index contributed by atoms with van der Waals surface area (Å²) in [6, 6.07) is 6.60. The summed E-state index contributed by atoms with van der Waals surface area (Å²) in [6.07, 6.45) is 1.75. The second-order valence-electron chi connectivity index (χ2n) is 3.55. The zero-order chi connectivity index (χ0) is 13.4. The van der Waals surface area contributed by atoms with Gasteiger partial charge in [-0.1, -0.05) is 0 Å². The highest BCUT2D eigenvalue weighted by Crippen LogP contribution is 2.03. The lowest BCUT2D eigenvalue weighted by Crippen LogP contribution is -2.33. The number of nitrogens with one attached hydrogen (secondary N) is 1. The van der Waals surface area contributed by atoms with E-state index in [0.29, 0.717) is 5.56 Å². The number of hydrogen-bond acceptors (Lipinski definition) is 4. The number of aromatic nitrogens is 1. The SMILES string of the molecule is N#CCCN(CCC#N)C(=O)c1ccc(=O)[nH]c1. The molecule has 0 saturated carbocycles. The first-order chi connectivity index (χ1) is 8.69. The van der Waals surface area contributed by atoms with Crippen LogP contribution in [0.3, 0.4) is 0 Å². The molecule has 0 bridgehead atoms. The summed E-state index contributed by atoms with van der Waals surface area (Å²) in [6.45, 7) is 0.548. The van der Waals surface area contributed by atoms with Crippen molar-refractivity contribution in [1.29, 1.82) is 10.5 Å². The van der Waals surface area contributed by atoms with Crippen LogP contribution in [0.1, 0.15) is 23.2 Å². The summed E-state index contributed by atoms with van der Waals surface area (Å²) >= 11 is 0. The summed E-state index contributed by atoms with van der Waals surface area (Å²) in [4.78, 5) is 26.8. The Balaban J connectivity index is 2.81. The summed E-state index contributed by atoms with van der Waals surface area (Å²) in [5.74, 6) is -0.295. The molecule has 0 aliphatic carbocycles. The molecule has 18 heavy (non-hydrogen) atoms. The summed E-state index contributed by atoms with van der Waals surface area (Å²) < 4.78 is 0. The zero-order valence-corrected chi connectivity index (χ0v) is 9.72. The molecule has 0 atom stereocenters. The van der Waals surface area contributed by atoms with Crippen LogP contribution in [0.2, 0.25) is 0 Å². The quantitative estimate of drug-likeness (QED) is 0.821. The zero-order valence-electron chi connectivity index (χ0n) is 9.72. The number of nitriles is 2. The maximum Gasteiger partial charge on any atom is 0.255 e. The van der Waals surface area contributed by atoms with Crippen molar-refractivity contribution in [3.63, 3.8) is 0 Å². The van der Waals surface area contributed by atoms with E-state index in [-0.39, 0.29) is 37.4 Å². The molecule has 1 aromatic rings. The minimum absolute atomic E-state index is 0.209. The van der Waals surface area contributed by atoms with Gasteiger partial charge < -0.3 is 9.88 Å². The maximum absolute atomic E-state index is 12.1. The molecule has 0 saturated heterocycles. The van der Waals surface area contributed by atoms with E-state index >= 15 is 0 Å². The second-order valence-corrected chi connectivity index (χ2v) is 3.55. The van der Waals surface area contributed by atoms with Crippen LogP contribution in [0.25, 0.3) is 0 Å².